The summed E-state index contributed by atoms with van der Waals surface area (Å²) in [5.41, 5.74) is 5.30. The SMILES string of the molecule is CCn1cc(-c2nc3ccc(C)cc3c(C(=O)N(C)C)c2C)cn1. The number of carbonyl (C=O) groups excluding carboxylic acids is 1. The second-order valence-corrected chi connectivity index (χ2v) is 6.27. The smallest absolute Gasteiger partial charge is 0.254 e. The lowest BCUT2D eigenvalue weighted by molar-refractivity contribution is 0.0829. The van der Waals surface area contributed by atoms with E-state index in [0.29, 0.717) is 5.56 Å². The van der Waals surface area contributed by atoms with Crippen molar-refractivity contribution in [3.8, 4) is 11.3 Å². The number of hydrogen-bond donors (Lipinski definition) is 0. The van der Waals surface area contributed by atoms with Crippen LogP contribution < -0.4 is 0 Å². The summed E-state index contributed by atoms with van der Waals surface area (Å²) in [6, 6.07) is 6.03. The standard InChI is InChI=1S/C19H22N4O/c1-6-23-11-14(10-20-23)18-13(3)17(19(24)22(4)5)15-9-12(2)7-8-16(15)21-18/h7-11H,6H2,1-5H3. The molecular formula is C19H22N4O. The third-order valence-electron chi connectivity index (χ3n) is 4.23. The summed E-state index contributed by atoms with van der Waals surface area (Å²) in [7, 11) is 3.55. The molecule has 0 aliphatic heterocycles. The first-order valence-corrected chi connectivity index (χ1v) is 8.07. The highest BCUT2D eigenvalue weighted by Crippen LogP contribution is 2.30. The van der Waals surface area contributed by atoms with Gasteiger partial charge in [0.2, 0.25) is 0 Å². The van der Waals surface area contributed by atoms with Gasteiger partial charge in [-0.25, -0.2) is 4.98 Å². The van der Waals surface area contributed by atoms with Crippen molar-refractivity contribution in [2.24, 2.45) is 0 Å². The lowest BCUT2D eigenvalue weighted by atomic mass is 9.97. The van der Waals surface area contributed by atoms with E-state index in [-0.39, 0.29) is 5.91 Å². The Hall–Kier alpha value is -2.69. The highest BCUT2D eigenvalue weighted by Gasteiger charge is 2.20. The van der Waals surface area contributed by atoms with E-state index < -0.39 is 0 Å². The summed E-state index contributed by atoms with van der Waals surface area (Å²) in [4.78, 5) is 19.2. The molecular weight excluding hydrogens is 300 g/mol. The van der Waals surface area contributed by atoms with Gasteiger partial charge in [0.1, 0.15) is 0 Å². The molecule has 2 aromatic heterocycles. The van der Waals surface area contributed by atoms with E-state index in [0.717, 1.165) is 39.8 Å². The van der Waals surface area contributed by atoms with Gasteiger partial charge in [-0.1, -0.05) is 11.6 Å². The van der Waals surface area contributed by atoms with E-state index in [1.54, 1.807) is 19.0 Å². The van der Waals surface area contributed by atoms with E-state index in [1.165, 1.54) is 0 Å². The van der Waals surface area contributed by atoms with Crippen molar-refractivity contribution in [2.75, 3.05) is 14.1 Å². The molecule has 0 saturated heterocycles. The number of aryl methyl sites for hydroxylation is 2. The highest BCUT2D eigenvalue weighted by molar-refractivity contribution is 6.08. The topological polar surface area (TPSA) is 51.0 Å². The third kappa shape index (κ3) is 2.66. The Morgan fingerprint density at radius 2 is 2.00 bits per heavy atom. The van der Waals surface area contributed by atoms with Crippen LogP contribution in [0.15, 0.2) is 30.6 Å². The molecule has 3 aromatic rings. The van der Waals surface area contributed by atoms with Crippen molar-refractivity contribution < 1.29 is 4.79 Å². The minimum atomic E-state index is -0.00497. The van der Waals surface area contributed by atoms with Crippen LogP contribution in [0.2, 0.25) is 0 Å². The van der Waals surface area contributed by atoms with Gasteiger partial charge in [-0.05, 0) is 38.5 Å². The molecule has 3 rings (SSSR count). The molecule has 0 unspecified atom stereocenters. The van der Waals surface area contributed by atoms with Crippen LogP contribution in [0.1, 0.15) is 28.4 Å². The first-order chi connectivity index (χ1) is 11.4. The van der Waals surface area contributed by atoms with Crippen LogP contribution in [0.4, 0.5) is 0 Å². The molecule has 0 aliphatic rings. The lowest BCUT2D eigenvalue weighted by Gasteiger charge is -2.17. The summed E-state index contributed by atoms with van der Waals surface area (Å²) < 4.78 is 1.86. The fourth-order valence-corrected chi connectivity index (χ4v) is 2.91. The van der Waals surface area contributed by atoms with E-state index in [4.69, 9.17) is 4.98 Å². The number of rotatable bonds is 3. The number of amides is 1. The third-order valence-corrected chi connectivity index (χ3v) is 4.23. The molecule has 124 valence electrons. The minimum Gasteiger partial charge on any atom is -0.345 e. The largest absolute Gasteiger partial charge is 0.345 e. The zero-order valence-corrected chi connectivity index (χ0v) is 14.8. The van der Waals surface area contributed by atoms with Gasteiger partial charge in [-0.3, -0.25) is 9.48 Å². The lowest BCUT2D eigenvalue weighted by Crippen LogP contribution is -2.23. The average molecular weight is 322 g/mol. The minimum absolute atomic E-state index is 0.00497. The Morgan fingerprint density at radius 3 is 2.62 bits per heavy atom. The van der Waals surface area contributed by atoms with Gasteiger partial charge in [0, 0.05) is 37.8 Å². The maximum atomic E-state index is 12.8. The second kappa shape index (κ2) is 6.07. The fourth-order valence-electron chi connectivity index (χ4n) is 2.91. The van der Waals surface area contributed by atoms with Crippen molar-refractivity contribution in [3.63, 3.8) is 0 Å². The summed E-state index contributed by atoms with van der Waals surface area (Å²) in [6.07, 6.45) is 3.78. The molecule has 1 amide bonds. The maximum absolute atomic E-state index is 12.8. The molecule has 24 heavy (non-hydrogen) atoms. The fraction of sp³-hybridized carbons (Fsp3) is 0.316. The van der Waals surface area contributed by atoms with Crippen molar-refractivity contribution in [1.82, 2.24) is 19.7 Å². The predicted molar refractivity (Wildman–Crippen MR) is 96.1 cm³/mol. The molecule has 0 aliphatic carbocycles. The number of carbonyl (C=O) groups is 1. The molecule has 0 atom stereocenters. The van der Waals surface area contributed by atoms with Gasteiger partial charge in [-0.2, -0.15) is 5.10 Å². The van der Waals surface area contributed by atoms with Crippen LogP contribution in [0.25, 0.3) is 22.2 Å². The van der Waals surface area contributed by atoms with Gasteiger partial charge < -0.3 is 4.90 Å². The predicted octanol–water partition coefficient (Wildman–Crippen LogP) is 3.44. The Labute approximate surface area is 141 Å². The van der Waals surface area contributed by atoms with Gasteiger partial charge in [-0.15, -0.1) is 0 Å². The van der Waals surface area contributed by atoms with Crippen LogP contribution in [0.5, 0.6) is 0 Å². The number of benzene rings is 1. The Morgan fingerprint density at radius 1 is 1.25 bits per heavy atom. The molecule has 1 aromatic carbocycles. The molecule has 0 bridgehead atoms. The zero-order valence-electron chi connectivity index (χ0n) is 14.8. The molecule has 0 saturated carbocycles. The normalized spacial score (nSPS) is 11.0. The van der Waals surface area contributed by atoms with E-state index in [2.05, 4.69) is 5.10 Å². The van der Waals surface area contributed by atoms with Crippen molar-refractivity contribution in [2.45, 2.75) is 27.3 Å². The van der Waals surface area contributed by atoms with Gasteiger partial charge in [0.25, 0.3) is 5.91 Å². The van der Waals surface area contributed by atoms with Crippen molar-refractivity contribution in [3.05, 3.63) is 47.3 Å². The zero-order chi connectivity index (χ0) is 17.4. The van der Waals surface area contributed by atoms with Crippen LogP contribution in [0, 0.1) is 13.8 Å². The van der Waals surface area contributed by atoms with Crippen LogP contribution >= 0.6 is 0 Å². The summed E-state index contributed by atoms with van der Waals surface area (Å²) in [5, 5.41) is 5.24. The van der Waals surface area contributed by atoms with Gasteiger partial charge in [0.05, 0.1) is 23.0 Å². The van der Waals surface area contributed by atoms with E-state index in [1.807, 2.05) is 56.0 Å². The Bertz CT molecular complexity index is 925. The molecule has 0 spiro atoms. The van der Waals surface area contributed by atoms with Crippen molar-refractivity contribution in [1.29, 1.82) is 0 Å². The molecule has 5 heteroatoms. The molecule has 0 N–H and O–H groups in total. The second-order valence-electron chi connectivity index (χ2n) is 6.27. The molecule has 5 nitrogen and oxygen atoms in total. The van der Waals surface area contributed by atoms with E-state index in [9.17, 15) is 4.79 Å². The van der Waals surface area contributed by atoms with Crippen LogP contribution in [-0.2, 0) is 6.54 Å². The van der Waals surface area contributed by atoms with E-state index >= 15 is 0 Å². The molecule has 0 fully saturated rings. The number of hydrogen-bond acceptors (Lipinski definition) is 3. The Kier molecular flexibility index (Phi) is 4.09. The number of pyridine rings is 1. The van der Waals surface area contributed by atoms with Crippen LogP contribution in [-0.4, -0.2) is 39.7 Å². The average Bonchev–Trinajstić information content (AvgIpc) is 3.02. The molecule has 2 heterocycles. The summed E-state index contributed by atoms with van der Waals surface area (Å²) >= 11 is 0. The van der Waals surface area contributed by atoms with Gasteiger partial charge in [0.15, 0.2) is 0 Å². The maximum Gasteiger partial charge on any atom is 0.254 e. The first kappa shape index (κ1) is 16.2. The summed E-state index contributed by atoms with van der Waals surface area (Å²) in [5.74, 6) is -0.00497. The monoisotopic (exact) mass is 322 g/mol. The van der Waals surface area contributed by atoms with Gasteiger partial charge >= 0.3 is 0 Å². The van der Waals surface area contributed by atoms with Crippen LogP contribution in [0.3, 0.4) is 0 Å². The summed E-state index contributed by atoms with van der Waals surface area (Å²) in [6.45, 7) is 6.83. The number of fused-ring (bicyclic) bond motifs is 1. The highest BCUT2D eigenvalue weighted by atomic mass is 16.2. The number of aromatic nitrogens is 3. The first-order valence-electron chi connectivity index (χ1n) is 8.07. The molecule has 0 radical (unpaired) electrons. The Balaban J connectivity index is 2.34. The quantitative estimate of drug-likeness (QED) is 0.742. The number of nitrogens with zero attached hydrogens (tertiary/aromatic N) is 4. The van der Waals surface area contributed by atoms with Crippen molar-refractivity contribution >= 4 is 16.8 Å².